The molecule has 0 saturated carbocycles. The zero-order valence-corrected chi connectivity index (χ0v) is 16.4. The topological polar surface area (TPSA) is 66.0 Å². The van der Waals surface area contributed by atoms with Crippen molar-refractivity contribution in [3.8, 4) is 0 Å². The highest BCUT2D eigenvalue weighted by atomic mass is 16.6. The number of pyridine rings is 1. The van der Waals surface area contributed by atoms with Crippen molar-refractivity contribution >= 4 is 17.8 Å². The molecule has 4 rings (SSSR count). The van der Waals surface area contributed by atoms with E-state index in [4.69, 9.17) is 4.74 Å². The first kappa shape index (κ1) is 19.2. The van der Waals surface area contributed by atoms with Crippen molar-refractivity contribution < 1.29 is 14.3 Å². The summed E-state index contributed by atoms with van der Waals surface area (Å²) in [5.74, 6) is 0.964. The molecule has 0 radical (unpaired) electrons. The number of likely N-dealkylation sites (tertiary alicyclic amines) is 1. The summed E-state index contributed by atoms with van der Waals surface area (Å²) in [4.78, 5) is 35.7. The predicted octanol–water partition coefficient (Wildman–Crippen LogP) is 2.53. The van der Waals surface area contributed by atoms with Crippen LogP contribution in [0.15, 0.2) is 54.7 Å². The van der Waals surface area contributed by atoms with Crippen LogP contribution < -0.4 is 4.90 Å². The van der Waals surface area contributed by atoms with Gasteiger partial charge in [-0.1, -0.05) is 36.4 Å². The minimum Gasteiger partial charge on any atom is -0.445 e. The number of hydrogen-bond donors (Lipinski definition) is 0. The molecule has 2 aliphatic heterocycles. The average Bonchev–Trinajstić information content (AvgIpc) is 3.28. The highest BCUT2D eigenvalue weighted by Gasteiger charge is 2.38. The number of carbonyl (C=O) groups is 2. The summed E-state index contributed by atoms with van der Waals surface area (Å²) in [6.07, 6.45) is 2.89. The van der Waals surface area contributed by atoms with Crippen molar-refractivity contribution in [2.75, 3.05) is 37.6 Å². The van der Waals surface area contributed by atoms with E-state index in [0.29, 0.717) is 26.1 Å². The maximum Gasteiger partial charge on any atom is 0.410 e. The molecular formula is C22H26N4O3. The van der Waals surface area contributed by atoms with Gasteiger partial charge in [0.2, 0.25) is 5.91 Å². The van der Waals surface area contributed by atoms with Crippen LogP contribution in [0.2, 0.25) is 0 Å². The molecule has 0 bridgehead atoms. The lowest BCUT2D eigenvalue weighted by Crippen LogP contribution is -2.54. The molecule has 2 fully saturated rings. The number of aromatic nitrogens is 1. The van der Waals surface area contributed by atoms with Gasteiger partial charge in [-0.05, 0) is 30.5 Å². The molecule has 2 aromatic rings. The minimum atomic E-state index is -0.417. The molecule has 0 N–H and O–H groups in total. The lowest BCUT2D eigenvalue weighted by atomic mass is 10.1. The van der Waals surface area contributed by atoms with Gasteiger partial charge >= 0.3 is 6.09 Å². The molecule has 7 nitrogen and oxygen atoms in total. The van der Waals surface area contributed by atoms with Crippen LogP contribution in [0.3, 0.4) is 0 Å². The number of amides is 2. The first-order chi connectivity index (χ1) is 14.2. The fourth-order valence-corrected chi connectivity index (χ4v) is 3.95. The Morgan fingerprint density at radius 1 is 0.966 bits per heavy atom. The van der Waals surface area contributed by atoms with E-state index in [0.717, 1.165) is 30.9 Å². The molecule has 1 unspecified atom stereocenters. The quantitative estimate of drug-likeness (QED) is 0.797. The molecule has 152 valence electrons. The maximum atomic E-state index is 13.1. The summed E-state index contributed by atoms with van der Waals surface area (Å²) in [6.45, 7) is 3.55. The zero-order valence-electron chi connectivity index (χ0n) is 16.4. The first-order valence-electron chi connectivity index (χ1n) is 10.1. The van der Waals surface area contributed by atoms with Gasteiger partial charge in [-0.3, -0.25) is 9.69 Å². The standard InChI is InChI=1S/C22H26N4O3/c27-21(25-15-13-24(14-16-25)20-10-4-5-11-23-20)19-9-6-12-26(19)22(28)29-17-18-7-2-1-3-8-18/h1-5,7-8,10-11,19H,6,9,12-17H2. The van der Waals surface area contributed by atoms with Crippen LogP contribution >= 0.6 is 0 Å². The van der Waals surface area contributed by atoms with Gasteiger partial charge < -0.3 is 14.5 Å². The second-order valence-corrected chi connectivity index (χ2v) is 7.39. The molecular weight excluding hydrogens is 368 g/mol. The Bertz CT molecular complexity index is 822. The Hall–Kier alpha value is -3.09. The number of rotatable bonds is 4. The van der Waals surface area contributed by atoms with Gasteiger partial charge in [-0.25, -0.2) is 9.78 Å². The van der Waals surface area contributed by atoms with Crippen molar-refractivity contribution in [1.29, 1.82) is 0 Å². The maximum absolute atomic E-state index is 13.1. The largest absolute Gasteiger partial charge is 0.445 e. The van der Waals surface area contributed by atoms with Gasteiger partial charge in [0.25, 0.3) is 0 Å². The van der Waals surface area contributed by atoms with Gasteiger partial charge in [0.05, 0.1) is 0 Å². The van der Waals surface area contributed by atoms with Gasteiger partial charge in [0.1, 0.15) is 18.5 Å². The number of ether oxygens (including phenoxy) is 1. The van der Waals surface area contributed by atoms with Crippen molar-refractivity contribution in [2.24, 2.45) is 0 Å². The molecule has 1 atom stereocenters. The highest BCUT2D eigenvalue weighted by molar-refractivity contribution is 5.86. The summed E-state index contributed by atoms with van der Waals surface area (Å²) < 4.78 is 5.45. The van der Waals surface area contributed by atoms with Crippen LogP contribution in [0.25, 0.3) is 0 Å². The predicted molar refractivity (Wildman–Crippen MR) is 109 cm³/mol. The van der Waals surface area contributed by atoms with Crippen LogP contribution in [0.1, 0.15) is 18.4 Å². The normalized spacial score (nSPS) is 19.3. The second kappa shape index (κ2) is 8.94. The molecule has 7 heteroatoms. The third-order valence-electron chi connectivity index (χ3n) is 5.54. The summed E-state index contributed by atoms with van der Waals surface area (Å²) in [5, 5.41) is 0. The Morgan fingerprint density at radius 2 is 1.72 bits per heavy atom. The van der Waals surface area contributed by atoms with E-state index in [2.05, 4.69) is 9.88 Å². The molecule has 0 spiro atoms. The summed E-state index contributed by atoms with van der Waals surface area (Å²) in [5.41, 5.74) is 0.938. The lowest BCUT2D eigenvalue weighted by Gasteiger charge is -2.37. The average molecular weight is 394 g/mol. The van der Waals surface area contributed by atoms with Crippen molar-refractivity contribution in [3.05, 3.63) is 60.3 Å². The second-order valence-electron chi connectivity index (χ2n) is 7.39. The molecule has 3 heterocycles. The van der Waals surface area contributed by atoms with E-state index in [1.165, 1.54) is 0 Å². The Balaban J connectivity index is 1.31. The van der Waals surface area contributed by atoms with Crippen LogP contribution in [0, 0.1) is 0 Å². The monoisotopic (exact) mass is 394 g/mol. The molecule has 29 heavy (non-hydrogen) atoms. The summed E-state index contributed by atoms with van der Waals surface area (Å²) in [6, 6.07) is 15.0. The molecule has 2 amide bonds. The number of hydrogen-bond acceptors (Lipinski definition) is 5. The van der Waals surface area contributed by atoms with E-state index >= 15 is 0 Å². The fraction of sp³-hybridized carbons (Fsp3) is 0.409. The zero-order chi connectivity index (χ0) is 20.1. The fourth-order valence-electron chi connectivity index (χ4n) is 3.95. The van der Waals surface area contributed by atoms with Gasteiger partial charge in [0, 0.05) is 38.9 Å². The lowest BCUT2D eigenvalue weighted by molar-refractivity contribution is -0.135. The van der Waals surface area contributed by atoms with E-state index in [-0.39, 0.29) is 12.5 Å². The van der Waals surface area contributed by atoms with Gasteiger partial charge in [-0.15, -0.1) is 0 Å². The smallest absolute Gasteiger partial charge is 0.410 e. The highest BCUT2D eigenvalue weighted by Crippen LogP contribution is 2.22. The van der Waals surface area contributed by atoms with Gasteiger partial charge in [-0.2, -0.15) is 0 Å². The molecule has 1 aromatic heterocycles. The van der Waals surface area contributed by atoms with Crippen LogP contribution in [-0.4, -0.2) is 65.5 Å². The van der Waals surface area contributed by atoms with E-state index < -0.39 is 12.1 Å². The third kappa shape index (κ3) is 4.50. The molecule has 2 aliphatic rings. The van der Waals surface area contributed by atoms with Crippen LogP contribution in [0.5, 0.6) is 0 Å². The SMILES string of the molecule is O=C(C1CCCN1C(=O)OCc1ccccc1)N1CCN(c2ccccn2)CC1. The van der Waals surface area contributed by atoms with Crippen molar-refractivity contribution in [2.45, 2.75) is 25.5 Å². The molecule has 1 aromatic carbocycles. The summed E-state index contributed by atoms with van der Waals surface area (Å²) in [7, 11) is 0. The number of piperazine rings is 1. The Morgan fingerprint density at radius 3 is 2.45 bits per heavy atom. The first-order valence-corrected chi connectivity index (χ1v) is 10.1. The number of nitrogens with zero attached hydrogens (tertiary/aromatic N) is 4. The number of anilines is 1. The van der Waals surface area contributed by atoms with E-state index in [1.54, 1.807) is 11.1 Å². The molecule has 0 aliphatic carbocycles. The van der Waals surface area contributed by atoms with E-state index in [1.807, 2.05) is 53.4 Å². The summed E-state index contributed by atoms with van der Waals surface area (Å²) >= 11 is 0. The molecule has 2 saturated heterocycles. The Labute approximate surface area is 170 Å². The number of carbonyl (C=O) groups excluding carboxylic acids is 2. The van der Waals surface area contributed by atoms with Crippen LogP contribution in [0.4, 0.5) is 10.6 Å². The number of benzene rings is 1. The van der Waals surface area contributed by atoms with E-state index in [9.17, 15) is 9.59 Å². The third-order valence-corrected chi connectivity index (χ3v) is 5.54. The Kier molecular flexibility index (Phi) is 5.93. The van der Waals surface area contributed by atoms with Crippen molar-refractivity contribution in [3.63, 3.8) is 0 Å². The van der Waals surface area contributed by atoms with Crippen LogP contribution in [-0.2, 0) is 16.1 Å². The minimum absolute atomic E-state index is 0.0276. The van der Waals surface area contributed by atoms with Crippen molar-refractivity contribution in [1.82, 2.24) is 14.8 Å². The van der Waals surface area contributed by atoms with Gasteiger partial charge in [0.15, 0.2) is 0 Å².